The molecular weight excluding hydrogens is 186 g/mol. The van der Waals surface area contributed by atoms with Crippen LogP contribution in [0.3, 0.4) is 0 Å². The molecule has 0 amide bonds. The lowest BCUT2D eigenvalue weighted by Gasteiger charge is -2.23. The summed E-state index contributed by atoms with van der Waals surface area (Å²) in [7, 11) is 3.91. The fraction of sp³-hybridized carbons (Fsp3) is 0.333. The third-order valence-electron chi connectivity index (χ3n) is 1.86. The first-order valence-corrected chi connectivity index (χ1v) is 4.41. The zero-order valence-electron chi connectivity index (χ0n) is 7.79. The van der Waals surface area contributed by atoms with Gasteiger partial charge in [0.2, 0.25) is 0 Å². The van der Waals surface area contributed by atoms with Crippen molar-refractivity contribution in [3.63, 3.8) is 0 Å². The van der Waals surface area contributed by atoms with Gasteiger partial charge in [0, 0.05) is 5.02 Å². The monoisotopic (exact) mass is 199 g/mol. The molecule has 3 N–H and O–H groups in total. The highest BCUT2D eigenvalue weighted by molar-refractivity contribution is 6.30. The zero-order valence-corrected chi connectivity index (χ0v) is 8.55. The molecule has 0 aromatic heterocycles. The predicted molar refractivity (Wildman–Crippen MR) is 55.2 cm³/mol. The number of nitrogens with one attached hydrogen (secondary N) is 1. The summed E-state index contributed by atoms with van der Waals surface area (Å²) in [4.78, 5) is 1.99. The number of hydrazine groups is 1. The molecule has 0 saturated carbocycles. The first-order valence-electron chi connectivity index (χ1n) is 4.03. The van der Waals surface area contributed by atoms with Gasteiger partial charge >= 0.3 is 0 Å². The van der Waals surface area contributed by atoms with Crippen LogP contribution in [-0.4, -0.2) is 19.0 Å². The molecule has 3 nitrogen and oxygen atoms in total. The Kier molecular flexibility index (Phi) is 3.69. The minimum atomic E-state index is 0.0252. The third kappa shape index (κ3) is 2.67. The largest absolute Gasteiger partial charge is 0.289 e. The number of nitrogens with zero attached hydrogens (tertiary/aromatic N) is 1. The molecule has 13 heavy (non-hydrogen) atoms. The van der Waals surface area contributed by atoms with Gasteiger partial charge < -0.3 is 0 Å². The van der Waals surface area contributed by atoms with Gasteiger partial charge in [-0.15, -0.1) is 0 Å². The summed E-state index contributed by atoms with van der Waals surface area (Å²) in [5.74, 6) is 5.42. The van der Waals surface area contributed by atoms with E-state index in [1.807, 2.05) is 43.3 Å². The van der Waals surface area contributed by atoms with Crippen molar-refractivity contribution in [2.24, 2.45) is 5.84 Å². The van der Waals surface area contributed by atoms with E-state index >= 15 is 0 Å². The fourth-order valence-corrected chi connectivity index (χ4v) is 1.31. The summed E-state index contributed by atoms with van der Waals surface area (Å²) in [6.07, 6.45) is 0.0252. The second kappa shape index (κ2) is 4.58. The van der Waals surface area contributed by atoms with Gasteiger partial charge in [0.25, 0.3) is 0 Å². The van der Waals surface area contributed by atoms with Gasteiger partial charge in [-0.2, -0.15) is 0 Å². The average Bonchev–Trinajstić information content (AvgIpc) is 2.09. The summed E-state index contributed by atoms with van der Waals surface area (Å²) < 4.78 is 0. The van der Waals surface area contributed by atoms with E-state index in [4.69, 9.17) is 17.4 Å². The molecule has 4 heteroatoms. The van der Waals surface area contributed by atoms with E-state index in [9.17, 15) is 0 Å². The Morgan fingerprint density at radius 2 is 1.85 bits per heavy atom. The van der Waals surface area contributed by atoms with Crippen LogP contribution in [0.1, 0.15) is 11.7 Å². The first kappa shape index (κ1) is 10.5. The van der Waals surface area contributed by atoms with Gasteiger partial charge in [0.15, 0.2) is 0 Å². The number of hydrogen-bond acceptors (Lipinski definition) is 3. The second-order valence-electron chi connectivity index (χ2n) is 3.08. The molecule has 0 saturated heterocycles. The maximum atomic E-state index is 5.77. The van der Waals surface area contributed by atoms with Crippen molar-refractivity contribution in [3.05, 3.63) is 34.9 Å². The molecule has 1 aromatic carbocycles. The minimum Gasteiger partial charge on any atom is -0.289 e. The van der Waals surface area contributed by atoms with Crippen LogP contribution < -0.4 is 11.3 Å². The highest BCUT2D eigenvalue weighted by Crippen LogP contribution is 2.16. The standard InChI is InChI=1S/C9H14ClN3/c1-13(2)9(12-11)7-3-5-8(10)6-4-7/h3-6,9,12H,11H2,1-2H3. The Balaban J connectivity index is 2.86. The Morgan fingerprint density at radius 3 is 2.23 bits per heavy atom. The predicted octanol–water partition coefficient (Wildman–Crippen LogP) is 1.36. The van der Waals surface area contributed by atoms with Gasteiger partial charge in [-0.3, -0.25) is 10.7 Å². The van der Waals surface area contributed by atoms with Gasteiger partial charge in [0.05, 0.1) is 6.17 Å². The van der Waals surface area contributed by atoms with Crippen molar-refractivity contribution < 1.29 is 0 Å². The van der Waals surface area contributed by atoms with E-state index in [1.165, 1.54) is 0 Å². The lowest BCUT2D eigenvalue weighted by atomic mass is 10.1. The number of rotatable bonds is 3. The fourth-order valence-electron chi connectivity index (χ4n) is 1.19. The number of hydrogen-bond donors (Lipinski definition) is 2. The van der Waals surface area contributed by atoms with Crippen LogP contribution in [0.2, 0.25) is 5.02 Å². The molecule has 0 bridgehead atoms. The molecule has 72 valence electrons. The summed E-state index contributed by atoms with van der Waals surface area (Å²) >= 11 is 5.77. The molecule has 0 aliphatic carbocycles. The Labute approximate surface area is 83.4 Å². The Bertz CT molecular complexity index is 258. The van der Waals surface area contributed by atoms with Crippen molar-refractivity contribution in [1.29, 1.82) is 0 Å². The zero-order chi connectivity index (χ0) is 9.84. The molecule has 1 unspecified atom stereocenters. The van der Waals surface area contributed by atoms with Crippen LogP contribution in [0.5, 0.6) is 0 Å². The maximum Gasteiger partial charge on any atom is 0.0980 e. The Morgan fingerprint density at radius 1 is 1.31 bits per heavy atom. The normalized spacial score (nSPS) is 13.3. The van der Waals surface area contributed by atoms with E-state index in [0.717, 1.165) is 10.6 Å². The van der Waals surface area contributed by atoms with Crippen molar-refractivity contribution in [2.45, 2.75) is 6.17 Å². The second-order valence-corrected chi connectivity index (χ2v) is 3.52. The van der Waals surface area contributed by atoms with Crippen LogP contribution in [-0.2, 0) is 0 Å². The van der Waals surface area contributed by atoms with Gasteiger partial charge in [0.1, 0.15) is 0 Å². The summed E-state index contributed by atoms with van der Waals surface area (Å²) in [6.45, 7) is 0. The van der Waals surface area contributed by atoms with Crippen LogP contribution in [0, 0.1) is 0 Å². The summed E-state index contributed by atoms with van der Waals surface area (Å²) in [6, 6.07) is 7.61. The van der Waals surface area contributed by atoms with Crippen molar-refractivity contribution in [2.75, 3.05) is 14.1 Å². The van der Waals surface area contributed by atoms with E-state index in [0.29, 0.717) is 0 Å². The molecule has 1 aromatic rings. The quantitative estimate of drug-likeness (QED) is 0.439. The molecule has 1 rings (SSSR count). The van der Waals surface area contributed by atoms with Crippen LogP contribution in [0.25, 0.3) is 0 Å². The van der Waals surface area contributed by atoms with Crippen molar-refractivity contribution >= 4 is 11.6 Å². The Hall–Kier alpha value is -0.610. The average molecular weight is 200 g/mol. The number of nitrogens with two attached hydrogens (primary N) is 1. The van der Waals surface area contributed by atoms with E-state index in [-0.39, 0.29) is 6.17 Å². The van der Waals surface area contributed by atoms with E-state index in [2.05, 4.69) is 5.43 Å². The molecule has 0 radical (unpaired) electrons. The lowest BCUT2D eigenvalue weighted by Crippen LogP contribution is -2.37. The summed E-state index contributed by atoms with van der Waals surface area (Å²) in [5.41, 5.74) is 3.81. The smallest absolute Gasteiger partial charge is 0.0980 e. The molecule has 1 atom stereocenters. The molecule has 0 spiro atoms. The van der Waals surface area contributed by atoms with Gasteiger partial charge in [-0.05, 0) is 31.8 Å². The molecule has 0 fully saturated rings. The van der Waals surface area contributed by atoms with Gasteiger partial charge in [-0.25, -0.2) is 5.43 Å². The van der Waals surface area contributed by atoms with Crippen LogP contribution in [0.4, 0.5) is 0 Å². The first-order chi connectivity index (χ1) is 6.15. The van der Waals surface area contributed by atoms with E-state index in [1.54, 1.807) is 0 Å². The minimum absolute atomic E-state index is 0.0252. The highest BCUT2D eigenvalue weighted by Gasteiger charge is 2.10. The van der Waals surface area contributed by atoms with Crippen LogP contribution in [0.15, 0.2) is 24.3 Å². The lowest BCUT2D eigenvalue weighted by molar-refractivity contribution is 0.253. The molecule has 0 aliphatic heterocycles. The molecular formula is C9H14ClN3. The van der Waals surface area contributed by atoms with Crippen molar-refractivity contribution in [3.8, 4) is 0 Å². The number of benzene rings is 1. The third-order valence-corrected chi connectivity index (χ3v) is 2.11. The molecule has 0 aliphatic rings. The number of halogens is 1. The summed E-state index contributed by atoms with van der Waals surface area (Å²) in [5, 5.41) is 0.735. The molecule has 0 heterocycles. The SMILES string of the molecule is CN(C)C(NN)c1ccc(Cl)cc1. The van der Waals surface area contributed by atoms with Gasteiger partial charge in [-0.1, -0.05) is 23.7 Å². The van der Waals surface area contributed by atoms with Crippen molar-refractivity contribution in [1.82, 2.24) is 10.3 Å². The van der Waals surface area contributed by atoms with Crippen LogP contribution >= 0.6 is 11.6 Å². The maximum absolute atomic E-state index is 5.77. The topological polar surface area (TPSA) is 41.3 Å². The van der Waals surface area contributed by atoms with E-state index < -0.39 is 0 Å². The highest BCUT2D eigenvalue weighted by atomic mass is 35.5.